The maximum Gasteiger partial charge on any atom is 0.396 e. The highest BCUT2D eigenvalue weighted by Crippen LogP contribution is 2.36. The summed E-state index contributed by atoms with van der Waals surface area (Å²) in [5.74, 6) is -5.80. The number of aromatic nitrogens is 3. The van der Waals surface area contributed by atoms with Crippen molar-refractivity contribution >= 4 is 11.8 Å². The van der Waals surface area contributed by atoms with Gasteiger partial charge in [-0.3, -0.25) is 9.79 Å². The summed E-state index contributed by atoms with van der Waals surface area (Å²) in [6.07, 6.45) is -0.251. The molecular formula is C21H20F5N5O2. The van der Waals surface area contributed by atoms with E-state index in [4.69, 9.17) is 4.74 Å². The summed E-state index contributed by atoms with van der Waals surface area (Å²) in [4.78, 5) is 19.3. The highest BCUT2D eigenvalue weighted by Gasteiger charge is 2.51. The van der Waals surface area contributed by atoms with Gasteiger partial charge in [0.05, 0.1) is 36.1 Å². The Bertz CT molecular complexity index is 1080. The second-order valence-electron chi connectivity index (χ2n) is 7.86. The molecule has 0 N–H and O–H groups in total. The Balaban J connectivity index is 1.53. The van der Waals surface area contributed by atoms with Crippen LogP contribution >= 0.6 is 0 Å². The number of halogens is 5. The van der Waals surface area contributed by atoms with Crippen LogP contribution in [-0.2, 0) is 4.74 Å². The number of hydrogen-bond donors (Lipinski definition) is 0. The second-order valence-corrected chi connectivity index (χ2v) is 7.86. The largest absolute Gasteiger partial charge is 0.475 e. The number of ether oxygens (including phenoxy) is 1. The summed E-state index contributed by atoms with van der Waals surface area (Å²) in [7, 11) is 0. The van der Waals surface area contributed by atoms with Gasteiger partial charge < -0.3 is 9.64 Å². The number of benzene rings is 1. The normalized spacial score (nSPS) is 22.4. The van der Waals surface area contributed by atoms with Gasteiger partial charge >= 0.3 is 6.18 Å². The lowest BCUT2D eigenvalue weighted by molar-refractivity contribution is -0.158. The minimum absolute atomic E-state index is 0.150. The average molecular weight is 469 g/mol. The fourth-order valence-corrected chi connectivity index (χ4v) is 3.74. The molecule has 1 unspecified atom stereocenters. The number of likely N-dealkylation sites (tertiary alicyclic amines) is 1. The van der Waals surface area contributed by atoms with Crippen LogP contribution in [0.5, 0.6) is 0 Å². The van der Waals surface area contributed by atoms with Gasteiger partial charge in [-0.25, -0.2) is 8.78 Å². The van der Waals surface area contributed by atoms with Gasteiger partial charge in [-0.1, -0.05) is 17.7 Å². The van der Waals surface area contributed by atoms with E-state index in [1.54, 1.807) is 25.1 Å². The van der Waals surface area contributed by atoms with Crippen LogP contribution in [0.1, 0.15) is 22.3 Å². The third-order valence-corrected chi connectivity index (χ3v) is 5.55. The summed E-state index contributed by atoms with van der Waals surface area (Å²) in [6, 6.07) is 3.33. The van der Waals surface area contributed by atoms with E-state index < -0.39 is 49.5 Å². The van der Waals surface area contributed by atoms with Crippen LogP contribution in [0.3, 0.4) is 0 Å². The number of dihydropyridines is 1. The van der Waals surface area contributed by atoms with Crippen molar-refractivity contribution in [1.82, 2.24) is 19.9 Å². The lowest BCUT2D eigenvalue weighted by Crippen LogP contribution is -2.46. The van der Waals surface area contributed by atoms with E-state index in [2.05, 4.69) is 15.2 Å². The Kier molecular flexibility index (Phi) is 5.93. The van der Waals surface area contributed by atoms with Crippen molar-refractivity contribution in [3.8, 4) is 5.69 Å². The molecule has 2 aliphatic heterocycles. The quantitative estimate of drug-likeness (QED) is 0.642. The van der Waals surface area contributed by atoms with Crippen LogP contribution in [0.15, 0.2) is 47.7 Å². The molecule has 2 aliphatic rings. The van der Waals surface area contributed by atoms with Crippen molar-refractivity contribution in [2.45, 2.75) is 31.5 Å². The monoisotopic (exact) mass is 469 g/mol. The molecule has 7 nitrogen and oxygen atoms in total. The summed E-state index contributed by atoms with van der Waals surface area (Å²) in [5.41, 5.74) is 1.23. The van der Waals surface area contributed by atoms with Gasteiger partial charge in [0.1, 0.15) is 12.6 Å². The highest BCUT2D eigenvalue weighted by molar-refractivity contribution is 5.98. The molecule has 0 saturated carbocycles. The molecule has 2 atom stereocenters. The zero-order valence-corrected chi connectivity index (χ0v) is 17.5. The second kappa shape index (κ2) is 8.56. The number of aliphatic imine (C=N–C) groups is 1. The minimum atomic E-state index is -4.44. The van der Waals surface area contributed by atoms with Crippen LogP contribution < -0.4 is 0 Å². The Morgan fingerprint density at radius 1 is 1.24 bits per heavy atom. The molecule has 4 rings (SSSR count). The molecule has 176 valence electrons. The standard InChI is InChI=1S/C21H20F5N5O2/c1-13-2-4-16(31-28-7-8-29-31)15(10-13)19(32)30-9-6-20(22,23)17(30)12-33-18-5-3-14(11-27-18)21(24,25)26/h2-5,7-8,10,14,17H,6,9,11-12H2,1H3/t14?,17-/m1/s1. The molecule has 1 amide bonds. The van der Waals surface area contributed by atoms with Crippen molar-refractivity contribution in [2.24, 2.45) is 10.9 Å². The maximum atomic E-state index is 14.7. The highest BCUT2D eigenvalue weighted by atomic mass is 19.4. The van der Waals surface area contributed by atoms with Crippen molar-refractivity contribution in [2.75, 3.05) is 19.7 Å². The van der Waals surface area contributed by atoms with Gasteiger partial charge in [0, 0.05) is 13.0 Å². The number of amides is 1. The molecule has 0 spiro atoms. The Hall–Kier alpha value is -3.31. The fourth-order valence-electron chi connectivity index (χ4n) is 3.74. The fraction of sp³-hybridized carbons (Fsp3) is 0.429. The molecule has 0 bridgehead atoms. The van der Waals surface area contributed by atoms with Gasteiger partial charge in [-0.05, 0) is 25.1 Å². The van der Waals surface area contributed by atoms with Crippen LogP contribution in [0.2, 0.25) is 0 Å². The molecule has 2 aromatic rings. The lowest BCUT2D eigenvalue weighted by Gasteiger charge is -2.28. The first-order valence-electron chi connectivity index (χ1n) is 10.1. The van der Waals surface area contributed by atoms with Crippen LogP contribution in [-0.4, -0.2) is 69.5 Å². The minimum Gasteiger partial charge on any atom is -0.475 e. The van der Waals surface area contributed by atoms with Crippen LogP contribution in [0, 0.1) is 12.8 Å². The average Bonchev–Trinajstić information content (AvgIpc) is 3.39. The first-order valence-corrected chi connectivity index (χ1v) is 10.1. The number of aryl methyl sites for hydroxylation is 1. The molecule has 1 fully saturated rings. The van der Waals surface area contributed by atoms with E-state index in [9.17, 15) is 26.7 Å². The van der Waals surface area contributed by atoms with E-state index in [1.165, 1.54) is 17.2 Å². The third kappa shape index (κ3) is 4.74. The van der Waals surface area contributed by atoms with Crippen molar-refractivity contribution in [1.29, 1.82) is 0 Å². The number of nitrogens with zero attached hydrogens (tertiary/aromatic N) is 5. The van der Waals surface area contributed by atoms with Gasteiger partial charge in [-0.2, -0.15) is 28.2 Å². The van der Waals surface area contributed by atoms with Crippen LogP contribution in [0.4, 0.5) is 22.0 Å². The van der Waals surface area contributed by atoms with Gasteiger partial charge in [0.15, 0.2) is 0 Å². The summed E-state index contributed by atoms with van der Waals surface area (Å²) in [6.45, 7) is 0.360. The molecule has 12 heteroatoms. The van der Waals surface area contributed by atoms with Gasteiger partial charge in [0.25, 0.3) is 11.8 Å². The van der Waals surface area contributed by atoms with Crippen molar-refractivity contribution < 1.29 is 31.5 Å². The predicted molar refractivity (Wildman–Crippen MR) is 107 cm³/mol. The van der Waals surface area contributed by atoms with Gasteiger partial charge in [0.2, 0.25) is 5.90 Å². The van der Waals surface area contributed by atoms with E-state index in [0.29, 0.717) is 5.69 Å². The van der Waals surface area contributed by atoms with Crippen molar-refractivity contribution in [3.63, 3.8) is 0 Å². The first kappa shape index (κ1) is 22.9. The molecule has 0 aliphatic carbocycles. The van der Waals surface area contributed by atoms with E-state index in [-0.39, 0.29) is 18.0 Å². The zero-order chi connectivity index (χ0) is 23.8. The van der Waals surface area contributed by atoms with E-state index in [1.807, 2.05) is 0 Å². The van der Waals surface area contributed by atoms with E-state index in [0.717, 1.165) is 22.6 Å². The number of alkyl halides is 5. The summed E-state index contributed by atoms with van der Waals surface area (Å²) >= 11 is 0. The first-order chi connectivity index (χ1) is 15.6. The number of hydrogen-bond acceptors (Lipinski definition) is 5. The molecule has 1 aromatic carbocycles. The summed E-state index contributed by atoms with van der Waals surface area (Å²) in [5, 5.41) is 8.03. The topological polar surface area (TPSA) is 72.6 Å². The molecule has 0 radical (unpaired) electrons. The van der Waals surface area contributed by atoms with E-state index >= 15 is 0 Å². The molecule has 3 heterocycles. The number of rotatable bonds is 4. The predicted octanol–water partition coefficient (Wildman–Crippen LogP) is 3.59. The number of carbonyl (C=O) groups excluding carboxylic acids is 1. The van der Waals surface area contributed by atoms with Gasteiger partial charge in [-0.15, -0.1) is 0 Å². The lowest BCUT2D eigenvalue weighted by atomic mass is 10.1. The molecule has 1 saturated heterocycles. The Labute approximate surface area is 185 Å². The SMILES string of the molecule is Cc1ccc(-n2nccn2)c(C(=O)N2CCC(F)(F)[C@H]2COC2=NCC(C(F)(F)F)C=C2)c1. The summed E-state index contributed by atoms with van der Waals surface area (Å²) < 4.78 is 72.9. The molecule has 33 heavy (non-hydrogen) atoms. The molecule has 1 aromatic heterocycles. The Morgan fingerprint density at radius 3 is 2.61 bits per heavy atom. The molecular weight excluding hydrogens is 449 g/mol. The van der Waals surface area contributed by atoms with Crippen molar-refractivity contribution in [3.05, 3.63) is 53.9 Å². The third-order valence-electron chi connectivity index (χ3n) is 5.55. The Morgan fingerprint density at radius 2 is 1.97 bits per heavy atom. The smallest absolute Gasteiger partial charge is 0.396 e. The van der Waals surface area contributed by atoms with Crippen LogP contribution in [0.25, 0.3) is 5.69 Å². The number of carbonyl (C=O) groups is 1. The maximum absolute atomic E-state index is 14.7. The zero-order valence-electron chi connectivity index (χ0n) is 17.5.